The molecule has 0 atom stereocenters. The van der Waals surface area contributed by atoms with Crippen LogP contribution in [0.2, 0.25) is 0 Å². The van der Waals surface area contributed by atoms with Gasteiger partial charge in [-0.15, -0.1) is 0 Å². The Morgan fingerprint density at radius 2 is 1.78 bits per heavy atom. The quantitative estimate of drug-likeness (QED) is 0.885. The highest BCUT2D eigenvalue weighted by molar-refractivity contribution is 5.94. The Bertz CT molecular complexity index is 796. The van der Waals surface area contributed by atoms with Crippen molar-refractivity contribution in [3.05, 3.63) is 53.9 Å². The number of likely N-dealkylation sites (tertiary alicyclic amines) is 1. The summed E-state index contributed by atoms with van der Waals surface area (Å²) in [6, 6.07) is 9.67. The van der Waals surface area contributed by atoms with Crippen molar-refractivity contribution in [2.45, 2.75) is 31.6 Å². The van der Waals surface area contributed by atoms with E-state index in [0.717, 1.165) is 16.9 Å². The van der Waals surface area contributed by atoms with Crippen molar-refractivity contribution in [3.63, 3.8) is 0 Å². The van der Waals surface area contributed by atoms with Crippen molar-refractivity contribution < 1.29 is 22.8 Å². The van der Waals surface area contributed by atoms with Gasteiger partial charge in [0.05, 0.1) is 0 Å². The van der Waals surface area contributed by atoms with Crippen molar-refractivity contribution in [1.82, 2.24) is 20.0 Å². The lowest BCUT2D eigenvalue weighted by atomic mass is 10.0. The normalized spacial score (nSPS) is 15.6. The number of hydrogen-bond acceptors (Lipinski definition) is 3. The third kappa shape index (κ3) is 4.87. The number of carbonyl (C=O) groups is 2. The van der Waals surface area contributed by atoms with Crippen molar-refractivity contribution in [3.8, 4) is 0 Å². The third-order valence-electron chi connectivity index (χ3n) is 4.45. The van der Waals surface area contributed by atoms with E-state index in [1.54, 1.807) is 29.2 Å². The number of halogens is 3. The first-order valence-corrected chi connectivity index (χ1v) is 8.57. The summed E-state index contributed by atoms with van der Waals surface area (Å²) < 4.78 is 38.7. The monoisotopic (exact) mass is 380 g/mol. The number of nitrogens with zero attached hydrogens (tertiary/aromatic N) is 3. The van der Waals surface area contributed by atoms with Gasteiger partial charge in [-0.05, 0) is 31.0 Å². The average molecular weight is 380 g/mol. The highest BCUT2D eigenvalue weighted by Gasteiger charge is 2.34. The number of carbonyl (C=O) groups excluding carboxylic acids is 2. The van der Waals surface area contributed by atoms with E-state index in [4.69, 9.17) is 0 Å². The Morgan fingerprint density at radius 1 is 1.11 bits per heavy atom. The predicted molar refractivity (Wildman–Crippen MR) is 90.7 cm³/mol. The van der Waals surface area contributed by atoms with Crippen molar-refractivity contribution in [1.29, 1.82) is 0 Å². The first-order valence-electron chi connectivity index (χ1n) is 8.57. The Balaban J connectivity index is 1.48. The summed E-state index contributed by atoms with van der Waals surface area (Å²) in [7, 11) is 0. The van der Waals surface area contributed by atoms with E-state index in [2.05, 4.69) is 10.4 Å². The predicted octanol–water partition coefficient (Wildman–Crippen LogP) is 2.32. The molecule has 9 heteroatoms. The van der Waals surface area contributed by atoms with Crippen LogP contribution >= 0.6 is 0 Å². The topological polar surface area (TPSA) is 67.2 Å². The summed E-state index contributed by atoms with van der Waals surface area (Å²) in [6.07, 6.45) is -2.19. The highest BCUT2D eigenvalue weighted by Crippen LogP contribution is 2.27. The minimum Gasteiger partial charge on any atom is -0.349 e. The van der Waals surface area contributed by atoms with E-state index in [1.165, 1.54) is 0 Å². The molecule has 1 aliphatic rings. The number of alkyl halides is 3. The van der Waals surface area contributed by atoms with Crippen LogP contribution in [0.3, 0.4) is 0 Å². The second kappa shape index (κ2) is 7.81. The largest absolute Gasteiger partial charge is 0.435 e. The fourth-order valence-electron chi connectivity index (χ4n) is 2.97. The van der Waals surface area contributed by atoms with Gasteiger partial charge in [0.1, 0.15) is 6.54 Å². The van der Waals surface area contributed by atoms with Gasteiger partial charge in [-0.2, -0.15) is 18.3 Å². The zero-order valence-electron chi connectivity index (χ0n) is 14.4. The molecule has 2 amide bonds. The first-order chi connectivity index (χ1) is 12.8. The van der Waals surface area contributed by atoms with E-state index in [9.17, 15) is 22.8 Å². The van der Waals surface area contributed by atoms with Crippen molar-refractivity contribution in [2.75, 3.05) is 13.1 Å². The summed E-state index contributed by atoms with van der Waals surface area (Å²) in [6.45, 7) is 0.634. The van der Waals surface area contributed by atoms with Crippen LogP contribution in [0.4, 0.5) is 13.2 Å². The van der Waals surface area contributed by atoms with Crippen LogP contribution in [0.1, 0.15) is 28.9 Å². The summed E-state index contributed by atoms with van der Waals surface area (Å²) in [5.41, 5.74) is -0.437. The van der Waals surface area contributed by atoms with Crippen molar-refractivity contribution >= 4 is 11.8 Å². The second-order valence-corrected chi connectivity index (χ2v) is 6.39. The third-order valence-corrected chi connectivity index (χ3v) is 4.45. The van der Waals surface area contributed by atoms with E-state index in [0.29, 0.717) is 31.5 Å². The SMILES string of the molecule is O=C(NC1CCN(C(=O)Cn2ccc(C(F)(F)F)n2)CC1)c1ccccc1. The van der Waals surface area contributed by atoms with Gasteiger partial charge in [-0.25, -0.2) is 0 Å². The zero-order chi connectivity index (χ0) is 19.4. The minimum atomic E-state index is -4.52. The standard InChI is InChI=1S/C18H19F3N4O2/c19-18(20,21)15-8-11-25(23-15)12-16(26)24-9-6-14(7-10-24)22-17(27)13-4-2-1-3-5-13/h1-5,8,11,14H,6-7,9-10,12H2,(H,22,27). The molecule has 27 heavy (non-hydrogen) atoms. The molecule has 0 saturated carbocycles. The smallest absolute Gasteiger partial charge is 0.349 e. The van der Waals surface area contributed by atoms with Crippen LogP contribution in [0.25, 0.3) is 0 Å². The van der Waals surface area contributed by atoms with Crippen LogP contribution in [0.5, 0.6) is 0 Å². The molecule has 0 unspecified atom stereocenters. The van der Waals surface area contributed by atoms with Crippen LogP contribution < -0.4 is 5.32 Å². The van der Waals surface area contributed by atoms with Crippen LogP contribution in [0, 0.1) is 0 Å². The summed E-state index contributed by atoms with van der Waals surface area (Å²) >= 11 is 0. The molecule has 0 spiro atoms. The molecule has 0 radical (unpaired) electrons. The molecule has 0 bridgehead atoms. The Hall–Kier alpha value is -2.84. The molecular weight excluding hydrogens is 361 g/mol. The Kier molecular flexibility index (Phi) is 5.48. The maximum absolute atomic E-state index is 12.6. The van der Waals surface area contributed by atoms with Gasteiger partial charge in [0.15, 0.2) is 5.69 Å². The molecule has 1 N–H and O–H groups in total. The molecule has 1 aliphatic heterocycles. The van der Waals surface area contributed by atoms with E-state index in [1.807, 2.05) is 6.07 Å². The maximum atomic E-state index is 12.6. The number of amides is 2. The summed E-state index contributed by atoms with van der Waals surface area (Å²) in [5.74, 6) is -0.448. The van der Waals surface area contributed by atoms with Gasteiger partial charge < -0.3 is 10.2 Å². The van der Waals surface area contributed by atoms with Crippen LogP contribution in [-0.4, -0.2) is 45.6 Å². The number of aromatic nitrogens is 2. The Labute approximate surface area is 154 Å². The maximum Gasteiger partial charge on any atom is 0.435 e. The number of hydrogen-bond donors (Lipinski definition) is 1. The molecule has 2 aromatic rings. The van der Waals surface area contributed by atoms with Crippen LogP contribution in [0.15, 0.2) is 42.6 Å². The van der Waals surface area contributed by atoms with Gasteiger partial charge in [0.25, 0.3) is 5.91 Å². The van der Waals surface area contributed by atoms with Gasteiger partial charge in [0, 0.05) is 30.9 Å². The van der Waals surface area contributed by atoms with Crippen molar-refractivity contribution in [2.24, 2.45) is 0 Å². The second-order valence-electron chi connectivity index (χ2n) is 6.39. The van der Waals surface area contributed by atoms with Gasteiger partial charge in [-0.3, -0.25) is 14.3 Å². The molecule has 3 rings (SSSR count). The summed E-state index contributed by atoms with van der Waals surface area (Å²) in [5, 5.41) is 6.34. The first kappa shape index (κ1) is 18.9. The molecular formula is C18H19F3N4O2. The molecule has 1 saturated heterocycles. The van der Waals surface area contributed by atoms with E-state index >= 15 is 0 Å². The van der Waals surface area contributed by atoms with Gasteiger partial charge in [0.2, 0.25) is 5.91 Å². The minimum absolute atomic E-state index is 0.0386. The average Bonchev–Trinajstić information content (AvgIpc) is 3.12. The van der Waals surface area contributed by atoms with Crippen LogP contribution in [-0.2, 0) is 17.5 Å². The van der Waals surface area contributed by atoms with E-state index < -0.39 is 11.9 Å². The lowest BCUT2D eigenvalue weighted by Crippen LogP contribution is -2.47. The molecule has 1 aromatic heterocycles. The van der Waals surface area contributed by atoms with Gasteiger partial charge >= 0.3 is 6.18 Å². The number of piperidine rings is 1. The van der Waals surface area contributed by atoms with Gasteiger partial charge in [-0.1, -0.05) is 18.2 Å². The Morgan fingerprint density at radius 3 is 2.37 bits per heavy atom. The lowest BCUT2D eigenvalue weighted by Gasteiger charge is -2.32. The molecule has 2 heterocycles. The molecule has 1 fully saturated rings. The highest BCUT2D eigenvalue weighted by atomic mass is 19.4. The number of nitrogens with one attached hydrogen (secondary N) is 1. The number of rotatable bonds is 4. The molecule has 6 nitrogen and oxygen atoms in total. The molecule has 0 aliphatic carbocycles. The fourth-order valence-corrected chi connectivity index (χ4v) is 2.97. The molecule has 1 aromatic carbocycles. The summed E-state index contributed by atoms with van der Waals surface area (Å²) in [4.78, 5) is 26.0. The zero-order valence-corrected chi connectivity index (χ0v) is 14.4. The van der Waals surface area contributed by atoms with E-state index in [-0.39, 0.29) is 24.4 Å². The number of benzene rings is 1. The lowest BCUT2D eigenvalue weighted by molar-refractivity contribution is -0.142. The fraction of sp³-hybridized carbons (Fsp3) is 0.389. The molecule has 144 valence electrons.